The van der Waals surface area contributed by atoms with Gasteiger partial charge in [-0.05, 0) is 31.2 Å². The van der Waals surface area contributed by atoms with Crippen molar-refractivity contribution in [2.24, 2.45) is 4.99 Å². The second-order valence-corrected chi connectivity index (χ2v) is 5.80. The smallest absolute Gasteiger partial charge is 0.413 e. The van der Waals surface area contributed by atoms with Crippen molar-refractivity contribution in [1.82, 2.24) is 9.88 Å². The lowest BCUT2D eigenvalue weighted by molar-refractivity contribution is 0.167. The SMILES string of the molecule is C=C(C)/N=C(/c1cccnc1)N(Cc1c(Cl)cccc1Cl)C(=O)O. The van der Waals surface area contributed by atoms with Crippen LogP contribution in [-0.4, -0.2) is 26.9 Å². The van der Waals surface area contributed by atoms with Gasteiger partial charge in [0.05, 0.1) is 6.54 Å². The quantitative estimate of drug-likeness (QED) is 0.623. The summed E-state index contributed by atoms with van der Waals surface area (Å²) >= 11 is 12.3. The highest BCUT2D eigenvalue weighted by Gasteiger charge is 2.23. The molecule has 0 aliphatic carbocycles. The Balaban J connectivity index is 2.51. The van der Waals surface area contributed by atoms with Crippen LogP contribution in [-0.2, 0) is 6.54 Å². The van der Waals surface area contributed by atoms with Gasteiger partial charge in [-0.3, -0.25) is 9.88 Å². The molecule has 1 aromatic carbocycles. The molecule has 2 rings (SSSR count). The Kier molecular flexibility index (Phi) is 5.95. The number of allylic oxidation sites excluding steroid dienone is 1. The summed E-state index contributed by atoms with van der Waals surface area (Å²) in [5.41, 5.74) is 1.51. The molecule has 1 heterocycles. The van der Waals surface area contributed by atoms with Crippen LogP contribution in [0.15, 0.2) is 60.0 Å². The van der Waals surface area contributed by atoms with E-state index < -0.39 is 6.09 Å². The Morgan fingerprint density at radius 1 is 1.29 bits per heavy atom. The van der Waals surface area contributed by atoms with Gasteiger partial charge in [0.2, 0.25) is 0 Å². The molecule has 0 aliphatic heterocycles. The fraction of sp³-hybridized carbons (Fsp3) is 0.118. The first-order valence-corrected chi connectivity index (χ1v) is 7.73. The summed E-state index contributed by atoms with van der Waals surface area (Å²) < 4.78 is 0. The third kappa shape index (κ3) is 4.34. The van der Waals surface area contributed by atoms with Gasteiger partial charge in [0.1, 0.15) is 5.84 Å². The molecule has 0 radical (unpaired) electrons. The molecule has 0 saturated carbocycles. The van der Waals surface area contributed by atoms with Gasteiger partial charge < -0.3 is 5.11 Å². The first kappa shape index (κ1) is 18.0. The van der Waals surface area contributed by atoms with E-state index in [4.69, 9.17) is 23.2 Å². The highest BCUT2D eigenvalue weighted by Crippen LogP contribution is 2.26. The van der Waals surface area contributed by atoms with Crippen molar-refractivity contribution in [2.75, 3.05) is 0 Å². The van der Waals surface area contributed by atoms with Gasteiger partial charge in [0, 0.05) is 39.3 Å². The Morgan fingerprint density at radius 3 is 2.46 bits per heavy atom. The molecule has 0 unspecified atom stereocenters. The maximum atomic E-state index is 11.8. The van der Waals surface area contributed by atoms with Gasteiger partial charge in [-0.15, -0.1) is 0 Å². The summed E-state index contributed by atoms with van der Waals surface area (Å²) in [5, 5.41) is 10.4. The predicted molar refractivity (Wildman–Crippen MR) is 95.6 cm³/mol. The minimum Gasteiger partial charge on any atom is -0.465 e. The zero-order valence-corrected chi connectivity index (χ0v) is 14.4. The summed E-state index contributed by atoms with van der Waals surface area (Å²) in [6.45, 7) is 5.36. The standard InChI is InChI=1S/C17H15Cl2N3O2/c1-11(2)21-16(12-5-4-8-20-9-12)22(17(23)24)10-13-14(18)6-3-7-15(13)19/h3-9H,1,10H2,2H3,(H,23,24)/b21-16-. The molecule has 0 aliphatic rings. The number of benzene rings is 1. The molecular weight excluding hydrogens is 349 g/mol. The van der Waals surface area contributed by atoms with E-state index in [0.29, 0.717) is 26.9 Å². The highest BCUT2D eigenvalue weighted by molar-refractivity contribution is 6.36. The van der Waals surface area contributed by atoms with Crippen LogP contribution in [0.2, 0.25) is 10.0 Å². The highest BCUT2D eigenvalue weighted by atomic mass is 35.5. The molecule has 0 spiro atoms. The van der Waals surface area contributed by atoms with E-state index in [1.165, 1.54) is 6.20 Å². The molecule has 0 saturated heterocycles. The van der Waals surface area contributed by atoms with Crippen molar-refractivity contribution in [3.63, 3.8) is 0 Å². The van der Waals surface area contributed by atoms with E-state index in [0.717, 1.165) is 4.90 Å². The van der Waals surface area contributed by atoms with Gasteiger partial charge in [0.25, 0.3) is 0 Å². The normalized spacial score (nSPS) is 11.2. The lowest BCUT2D eigenvalue weighted by Gasteiger charge is -2.22. The molecule has 0 fully saturated rings. The van der Waals surface area contributed by atoms with Crippen LogP contribution >= 0.6 is 23.2 Å². The third-order valence-corrected chi connectivity index (χ3v) is 3.79. The molecule has 1 aromatic heterocycles. The van der Waals surface area contributed by atoms with E-state index >= 15 is 0 Å². The minimum atomic E-state index is -1.19. The first-order chi connectivity index (χ1) is 11.4. The van der Waals surface area contributed by atoms with Gasteiger partial charge in [-0.1, -0.05) is 35.8 Å². The molecule has 1 amide bonds. The Labute approximate surface area is 149 Å². The monoisotopic (exact) mass is 363 g/mol. The number of aromatic nitrogens is 1. The second kappa shape index (κ2) is 7.95. The number of amidine groups is 1. The number of pyridine rings is 1. The number of hydrogen-bond donors (Lipinski definition) is 1. The summed E-state index contributed by atoms with van der Waals surface area (Å²) in [6, 6.07) is 8.43. The number of carbonyl (C=O) groups is 1. The van der Waals surface area contributed by atoms with Crippen LogP contribution < -0.4 is 0 Å². The number of hydrogen-bond acceptors (Lipinski definition) is 3. The van der Waals surface area contributed by atoms with Crippen molar-refractivity contribution >= 4 is 35.1 Å². The molecule has 5 nitrogen and oxygen atoms in total. The molecule has 2 aromatic rings. The average Bonchev–Trinajstić information content (AvgIpc) is 2.53. The lowest BCUT2D eigenvalue weighted by atomic mass is 10.2. The van der Waals surface area contributed by atoms with E-state index in [2.05, 4.69) is 16.6 Å². The number of halogens is 2. The van der Waals surface area contributed by atoms with Crippen molar-refractivity contribution < 1.29 is 9.90 Å². The first-order valence-electron chi connectivity index (χ1n) is 6.98. The van der Waals surface area contributed by atoms with Crippen LogP contribution in [0.4, 0.5) is 4.79 Å². The molecule has 0 bridgehead atoms. The Morgan fingerprint density at radius 2 is 1.96 bits per heavy atom. The summed E-state index contributed by atoms with van der Waals surface area (Å²) in [5.74, 6) is 0.207. The van der Waals surface area contributed by atoms with Crippen LogP contribution in [0.3, 0.4) is 0 Å². The van der Waals surface area contributed by atoms with Crippen molar-refractivity contribution in [3.8, 4) is 0 Å². The van der Waals surface area contributed by atoms with Crippen LogP contribution in [0.5, 0.6) is 0 Å². The number of rotatable bonds is 4. The topological polar surface area (TPSA) is 65.8 Å². The lowest BCUT2D eigenvalue weighted by Crippen LogP contribution is -2.36. The number of nitrogens with zero attached hydrogens (tertiary/aromatic N) is 3. The summed E-state index contributed by atoms with van der Waals surface area (Å²) in [6.07, 6.45) is 1.94. The Bertz CT molecular complexity index is 771. The molecule has 24 heavy (non-hydrogen) atoms. The molecular formula is C17H15Cl2N3O2. The summed E-state index contributed by atoms with van der Waals surface area (Å²) in [7, 11) is 0. The summed E-state index contributed by atoms with van der Waals surface area (Å²) in [4.78, 5) is 21.2. The second-order valence-electron chi connectivity index (χ2n) is 4.98. The average molecular weight is 364 g/mol. The predicted octanol–water partition coefficient (Wildman–Crippen LogP) is 4.85. The van der Waals surface area contributed by atoms with Gasteiger partial charge in [0.15, 0.2) is 0 Å². The molecule has 7 heteroatoms. The van der Waals surface area contributed by atoms with Gasteiger partial charge >= 0.3 is 6.09 Å². The number of carboxylic acid groups (broad SMARTS) is 1. The fourth-order valence-electron chi connectivity index (χ4n) is 2.03. The van der Waals surface area contributed by atoms with Crippen LogP contribution in [0.1, 0.15) is 18.1 Å². The largest absolute Gasteiger partial charge is 0.465 e. The van der Waals surface area contributed by atoms with Crippen LogP contribution in [0.25, 0.3) is 0 Å². The van der Waals surface area contributed by atoms with Crippen molar-refractivity contribution in [1.29, 1.82) is 0 Å². The fourth-order valence-corrected chi connectivity index (χ4v) is 2.55. The molecule has 124 valence electrons. The van der Waals surface area contributed by atoms with E-state index in [9.17, 15) is 9.90 Å². The minimum absolute atomic E-state index is 0.0468. The van der Waals surface area contributed by atoms with Gasteiger partial charge in [-0.2, -0.15) is 0 Å². The Hall–Kier alpha value is -2.37. The zero-order chi connectivity index (χ0) is 17.7. The van der Waals surface area contributed by atoms with E-state index in [1.807, 2.05) is 0 Å². The van der Waals surface area contributed by atoms with E-state index in [-0.39, 0.29) is 12.4 Å². The molecule has 0 atom stereocenters. The van der Waals surface area contributed by atoms with E-state index in [1.54, 1.807) is 43.5 Å². The van der Waals surface area contributed by atoms with Crippen LogP contribution in [0, 0.1) is 0 Å². The zero-order valence-electron chi connectivity index (χ0n) is 12.9. The third-order valence-electron chi connectivity index (χ3n) is 3.08. The number of aliphatic imine (C=N–C) groups is 1. The maximum Gasteiger partial charge on any atom is 0.413 e. The van der Waals surface area contributed by atoms with Gasteiger partial charge in [-0.25, -0.2) is 9.79 Å². The van der Waals surface area contributed by atoms with Crippen molar-refractivity contribution in [2.45, 2.75) is 13.5 Å². The maximum absolute atomic E-state index is 11.8. The van der Waals surface area contributed by atoms with Crippen molar-refractivity contribution in [3.05, 3.63) is 76.2 Å². The number of amides is 1. The molecule has 1 N–H and O–H groups in total.